The smallest absolute Gasteiger partial charge is 0.281 e. The lowest BCUT2D eigenvalue weighted by molar-refractivity contribution is 0.253. The number of nitrogens with two attached hydrogens (primary N) is 1. The fraction of sp³-hybridized carbons (Fsp3) is 1.00. The van der Waals surface area contributed by atoms with Crippen LogP contribution in [0.5, 0.6) is 0 Å². The number of nitrogens with zero attached hydrogens (tertiary/aromatic N) is 2. The highest BCUT2D eigenvalue weighted by Gasteiger charge is 2.32. The van der Waals surface area contributed by atoms with Crippen molar-refractivity contribution in [1.29, 1.82) is 0 Å². The molecule has 18 heavy (non-hydrogen) atoms. The summed E-state index contributed by atoms with van der Waals surface area (Å²) in [5, 5.41) is 0. The zero-order valence-corrected chi connectivity index (χ0v) is 12.6. The van der Waals surface area contributed by atoms with Crippen LogP contribution in [-0.4, -0.2) is 49.8 Å². The average Bonchev–Trinajstić information content (AvgIpc) is 2.35. The number of rotatable bonds is 6. The monoisotopic (exact) mass is 277 g/mol. The van der Waals surface area contributed by atoms with Crippen LogP contribution in [0.1, 0.15) is 33.6 Å². The summed E-state index contributed by atoms with van der Waals surface area (Å²) in [6.45, 7) is 8.82. The quantitative estimate of drug-likeness (QED) is 0.784. The van der Waals surface area contributed by atoms with Gasteiger partial charge in [0.15, 0.2) is 0 Å². The third kappa shape index (κ3) is 3.91. The third-order valence-corrected chi connectivity index (χ3v) is 5.59. The van der Waals surface area contributed by atoms with Gasteiger partial charge in [-0.3, -0.25) is 0 Å². The highest BCUT2D eigenvalue weighted by Crippen LogP contribution is 2.21. The van der Waals surface area contributed by atoms with E-state index in [9.17, 15) is 8.42 Å². The molecule has 6 heteroatoms. The van der Waals surface area contributed by atoms with E-state index < -0.39 is 10.2 Å². The molecule has 1 aliphatic rings. The molecule has 108 valence electrons. The van der Waals surface area contributed by atoms with E-state index >= 15 is 0 Å². The van der Waals surface area contributed by atoms with Crippen LogP contribution in [0.3, 0.4) is 0 Å². The Morgan fingerprint density at radius 3 is 2.67 bits per heavy atom. The van der Waals surface area contributed by atoms with Gasteiger partial charge in [0, 0.05) is 26.2 Å². The van der Waals surface area contributed by atoms with Crippen LogP contribution < -0.4 is 5.73 Å². The molecule has 0 aliphatic carbocycles. The summed E-state index contributed by atoms with van der Waals surface area (Å²) in [5.74, 6) is 0.654. The molecular weight excluding hydrogens is 250 g/mol. The van der Waals surface area contributed by atoms with E-state index in [1.54, 1.807) is 8.61 Å². The Kier molecular flexibility index (Phi) is 6.04. The van der Waals surface area contributed by atoms with Gasteiger partial charge in [0.25, 0.3) is 10.2 Å². The van der Waals surface area contributed by atoms with Crippen molar-refractivity contribution in [2.45, 2.75) is 33.6 Å². The van der Waals surface area contributed by atoms with Crippen LogP contribution >= 0.6 is 0 Å². The second-order valence-electron chi connectivity index (χ2n) is 5.40. The van der Waals surface area contributed by atoms with Gasteiger partial charge in [-0.2, -0.15) is 17.0 Å². The molecule has 1 fully saturated rings. The van der Waals surface area contributed by atoms with Crippen molar-refractivity contribution in [3.8, 4) is 0 Å². The summed E-state index contributed by atoms with van der Waals surface area (Å²) in [7, 11) is -3.30. The van der Waals surface area contributed by atoms with E-state index in [2.05, 4.69) is 6.92 Å². The molecule has 0 bridgehead atoms. The Morgan fingerprint density at radius 2 is 2.17 bits per heavy atom. The predicted molar refractivity (Wildman–Crippen MR) is 74.4 cm³/mol. The molecule has 1 saturated heterocycles. The first-order valence-corrected chi connectivity index (χ1v) is 8.26. The van der Waals surface area contributed by atoms with E-state index in [4.69, 9.17) is 5.73 Å². The van der Waals surface area contributed by atoms with Crippen molar-refractivity contribution >= 4 is 10.2 Å². The van der Waals surface area contributed by atoms with Crippen LogP contribution in [0.25, 0.3) is 0 Å². The average molecular weight is 277 g/mol. The maximum atomic E-state index is 12.5. The Labute approximate surface area is 112 Å². The summed E-state index contributed by atoms with van der Waals surface area (Å²) in [5.41, 5.74) is 5.58. The summed E-state index contributed by atoms with van der Waals surface area (Å²) in [6, 6.07) is 0. The van der Waals surface area contributed by atoms with Crippen molar-refractivity contribution in [3.05, 3.63) is 0 Å². The molecule has 0 aromatic rings. The van der Waals surface area contributed by atoms with Gasteiger partial charge in [0.1, 0.15) is 0 Å². The Bertz CT molecular complexity index is 345. The number of piperidine rings is 1. The molecule has 2 unspecified atom stereocenters. The van der Waals surface area contributed by atoms with Crippen LogP contribution in [-0.2, 0) is 10.2 Å². The predicted octanol–water partition coefficient (Wildman–Crippen LogP) is 0.880. The van der Waals surface area contributed by atoms with Crippen LogP contribution in [0.2, 0.25) is 0 Å². The second-order valence-corrected chi connectivity index (χ2v) is 7.33. The van der Waals surface area contributed by atoms with E-state index in [0.29, 0.717) is 38.6 Å². The molecule has 0 aromatic heterocycles. The van der Waals surface area contributed by atoms with Crippen molar-refractivity contribution in [3.63, 3.8) is 0 Å². The molecule has 0 amide bonds. The molecule has 5 nitrogen and oxygen atoms in total. The summed E-state index contributed by atoms with van der Waals surface area (Å²) < 4.78 is 28.2. The van der Waals surface area contributed by atoms with Gasteiger partial charge in [-0.15, -0.1) is 0 Å². The molecule has 0 saturated carbocycles. The lowest BCUT2D eigenvalue weighted by Crippen LogP contribution is -2.49. The molecule has 1 heterocycles. The normalized spacial score (nSPS) is 24.4. The Balaban J connectivity index is 2.75. The molecular formula is C12H27N3O2S. The fourth-order valence-corrected chi connectivity index (χ4v) is 4.23. The fourth-order valence-electron chi connectivity index (χ4n) is 2.33. The van der Waals surface area contributed by atoms with Gasteiger partial charge >= 0.3 is 0 Å². The molecule has 0 spiro atoms. The minimum absolute atomic E-state index is 0.196. The van der Waals surface area contributed by atoms with Crippen LogP contribution in [0, 0.1) is 11.8 Å². The van der Waals surface area contributed by atoms with Gasteiger partial charge < -0.3 is 5.73 Å². The van der Waals surface area contributed by atoms with E-state index in [1.165, 1.54) is 0 Å². The standard InChI is InChI=1S/C12H27N3O2S/c1-4-14(10-12(3)8-13)18(16,17)15-7-5-6-11(2)9-15/h11-12H,4-10,13H2,1-3H3. The van der Waals surface area contributed by atoms with Crippen LogP contribution in [0.15, 0.2) is 0 Å². The molecule has 0 aromatic carbocycles. The van der Waals surface area contributed by atoms with Gasteiger partial charge in [-0.1, -0.05) is 20.8 Å². The van der Waals surface area contributed by atoms with Gasteiger partial charge in [0.05, 0.1) is 0 Å². The lowest BCUT2D eigenvalue weighted by Gasteiger charge is -2.34. The van der Waals surface area contributed by atoms with Gasteiger partial charge in [0.2, 0.25) is 0 Å². The summed E-state index contributed by atoms with van der Waals surface area (Å²) >= 11 is 0. The van der Waals surface area contributed by atoms with Crippen LogP contribution in [0.4, 0.5) is 0 Å². The first-order chi connectivity index (χ1) is 8.41. The topological polar surface area (TPSA) is 66.6 Å². The maximum Gasteiger partial charge on any atom is 0.281 e. The maximum absolute atomic E-state index is 12.5. The van der Waals surface area contributed by atoms with Crippen molar-refractivity contribution in [1.82, 2.24) is 8.61 Å². The molecule has 1 rings (SSSR count). The minimum atomic E-state index is -3.30. The first-order valence-electron chi connectivity index (χ1n) is 6.87. The van der Waals surface area contributed by atoms with E-state index in [0.717, 1.165) is 12.8 Å². The van der Waals surface area contributed by atoms with Crippen molar-refractivity contribution in [2.24, 2.45) is 17.6 Å². The van der Waals surface area contributed by atoms with Gasteiger partial charge in [-0.25, -0.2) is 0 Å². The Morgan fingerprint density at radius 1 is 1.50 bits per heavy atom. The van der Waals surface area contributed by atoms with Crippen molar-refractivity contribution < 1.29 is 8.42 Å². The summed E-state index contributed by atoms with van der Waals surface area (Å²) in [6.07, 6.45) is 2.09. The largest absolute Gasteiger partial charge is 0.330 e. The summed E-state index contributed by atoms with van der Waals surface area (Å²) in [4.78, 5) is 0. The van der Waals surface area contributed by atoms with Crippen molar-refractivity contribution in [2.75, 3.05) is 32.7 Å². The highest BCUT2D eigenvalue weighted by molar-refractivity contribution is 7.86. The molecule has 0 radical (unpaired) electrons. The number of hydrogen-bond donors (Lipinski definition) is 1. The number of hydrogen-bond acceptors (Lipinski definition) is 3. The SMILES string of the molecule is CCN(CC(C)CN)S(=O)(=O)N1CCCC(C)C1. The second kappa shape index (κ2) is 6.84. The molecule has 2 atom stereocenters. The highest BCUT2D eigenvalue weighted by atomic mass is 32.2. The Hall–Kier alpha value is -0.170. The lowest BCUT2D eigenvalue weighted by atomic mass is 10.0. The van der Waals surface area contributed by atoms with Gasteiger partial charge in [-0.05, 0) is 31.2 Å². The molecule has 1 aliphatic heterocycles. The zero-order valence-electron chi connectivity index (χ0n) is 11.8. The minimum Gasteiger partial charge on any atom is -0.330 e. The first kappa shape index (κ1) is 15.9. The molecule has 2 N–H and O–H groups in total. The van der Waals surface area contributed by atoms with E-state index in [1.807, 2.05) is 13.8 Å². The van der Waals surface area contributed by atoms with E-state index in [-0.39, 0.29) is 5.92 Å². The third-order valence-electron chi connectivity index (χ3n) is 3.54. The zero-order chi connectivity index (χ0) is 13.8.